The lowest BCUT2D eigenvalue weighted by Gasteiger charge is -2.10. The van der Waals surface area contributed by atoms with Crippen molar-refractivity contribution < 1.29 is 4.79 Å². The van der Waals surface area contributed by atoms with Crippen LogP contribution in [0.3, 0.4) is 0 Å². The van der Waals surface area contributed by atoms with Gasteiger partial charge in [-0.3, -0.25) is 4.79 Å². The molecule has 0 heterocycles. The van der Waals surface area contributed by atoms with Crippen molar-refractivity contribution in [1.29, 1.82) is 0 Å². The van der Waals surface area contributed by atoms with Crippen LogP contribution < -0.4 is 11.1 Å². The van der Waals surface area contributed by atoms with Crippen LogP contribution in [-0.2, 0) is 0 Å². The van der Waals surface area contributed by atoms with Gasteiger partial charge in [0, 0.05) is 11.3 Å². The van der Waals surface area contributed by atoms with Gasteiger partial charge < -0.3 is 11.1 Å². The molecule has 0 aliphatic carbocycles. The predicted molar refractivity (Wildman–Crippen MR) is 87.8 cm³/mol. The number of fused-ring (bicyclic) bond motifs is 1. The predicted octanol–water partition coefficient (Wildman–Crippen LogP) is 4.33. The minimum Gasteiger partial charge on any atom is -0.399 e. The summed E-state index contributed by atoms with van der Waals surface area (Å²) in [7, 11) is 0. The molecule has 104 valence electrons. The summed E-state index contributed by atoms with van der Waals surface area (Å²) >= 11 is 6.08. The molecule has 0 aliphatic heterocycles. The van der Waals surface area contributed by atoms with Gasteiger partial charge in [0.2, 0.25) is 0 Å². The Kier molecular flexibility index (Phi) is 3.50. The quantitative estimate of drug-likeness (QED) is 0.692. The van der Waals surface area contributed by atoms with E-state index in [0.717, 1.165) is 10.8 Å². The lowest BCUT2D eigenvalue weighted by atomic mass is 10.0. The Morgan fingerprint density at radius 1 is 1.00 bits per heavy atom. The minimum atomic E-state index is -0.209. The molecule has 0 atom stereocenters. The Hall–Kier alpha value is -2.52. The van der Waals surface area contributed by atoms with Crippen molar-refractivity contribution >= 4 is 39.7 Å². The first kappa shape index (κ1) is 13.5. The van der Waals surface area contributed by atoms with Crippen LogP contribution in [0.25, 0.3) is 10.8 Å². The van der Waals surface area contributed by atoms with Crippen LogP contribution in [-0.4, -0.2) is 5.91 Å². The zero-order valence-corrected chi connectivity index (χ0v) is 11.9. The Morgan fingerprint density at radius 2 is 1.76 bits per heavy atom. The van der Waals surface area contributed by atoms with Crippen molar-refractivity contribution in [3.8, 4) is 0 Å². The molecular formula is C17H13ClN2O. The minimum absolute atomic E-state index is 0.209. The van der Waals surface area contributed by atoms with E-state index in [0.29, 0.717) is 22.0 Å². The van der Waals surface area contributed by atoms with Gasteiger partial charge in [0.15, 0.2) is 0 Å². The van der Waals surface area contributed by atoms with Crippen molar-refractivity contribution in [2.45, 2.75) is 0 Å². The Bertz CT molecular complexity index is 825. The Morgan fingerprint density at radius 3 is 2.62 bits per heavy atom. The number of nitrogens with one attached hydrogen (secondary N) is 1. The number of rotatable bonds is 2. The molecular weight excluding hydrogens is 284 g/mol. The van der Waals surface area contributed by atoms with E-state index in [1.807, 2.05) is 36.4 Å². The third-order valence-corrected chi connectivity index (χ3v) is 3.60. The molecule has 0 saturated heterocycles. The summed E-state index contributed by atoms with van der Waals surface area (Å²) in [6.07, 6.45) is 0. The fourth-order valence-electron chi connectivity index (χ4n) is 2.25. The molecule has 3 rings (SSSR count). The summed E-state index contributed by atoms with van der Waals surface area (Å²) in [5.41, 5.74) is 7.38. The van der Waals surface area contributed by atoms with E-state index in [-0.39, 0.29) is 5.91 Å². The van der Waals surface area contributed by atoms with E-state index < -0.39 is 0 Å². The topological polar surface area (TPSA) is 55.1 Å². The Balaban J connectivity index is 1.99. The highest BCUT2D eigenvalue weighted by molar-refractivity contribution is 6.34. The molecule has 0 aliphatic rings. The largest absolute Gasteiger partial charge is 0.399 e. The molecule has 0 saturated carbocycles. The molecule has 0 radical (unpaired) electrons. The van der Waals surface area contributed by atoms with Crippen LogP contribution >= 0.6 is 11.6 Å². The molecule has 0 unspecified atom stereocenters. The van der Waals surface area contributed by atoms with Gasteiger partial charge in [-0.05, 0) is 35.0 Å². The molecule has 4 heteroatoms. The van der Waals surface area contributed by atoms with Gasteiger partial charge in [-0.25, -0.2) is 0 Å². The maximum absolute atomic E-state index is 12.5. The van der Waals surface area contributed by atoms with Crippen molar-refractivity contribution in [3.63, 3.8) is 0 Å². The van der Waals surface area contributed by atoms with Gasteiger partial charge in [-0.2, -0.15) is 0 Å². The zero-order valence-electron chi connectivity index (χ0n) is 11.1. The SMILES string of the molecule is Nc1ccc(Cl)c(NC(=O)c2cccc3ccccc23)c1. The van der Waals surface area contributed by atoms with Crippen molar-refractivity contribution in [2.24, 2.45) is 0 Å². The summed E-state index contributed by atoms with van der Waals surface area (Å²) in [6, 6.07) is 18.4. The number of amides is 1. The first-order valence-electron chi connectivity index (χ1n) is 6.49. The molecule has 3 aromatic carbocycles. The summed E-state index contributed by atoms with van der Waals surface area (Å²) < 4.78 is 0. The molecule has 0 aromatic heterocycles. The molecule has 0 bridgehead atoms. The van der Waals surface area contributed by atoms with Gasteiger partial charge in [-0.15, -0.1) is 0 Å². The average Bonchev–Trinajstić information content (AvgIpc) is 2.50. The highest BCUT2D eigenvalue weighted by atomic mass is 35.5. The first-order chi connectivity index (χ1) is 10.1. The molecule has 3 aromatic rings. The maximum atomic E-state index is 12.5. The van der Waals surface area contributed by atoms with Gasteiger partial charge in [0.25, 0.3) is 5.91 Å². The number of anilines is 2. The van der Waals surface area contributed by atoms with Gasteiger partial charge in [-0.1, -0.05) is 48.0 Å². The zero-order chi connectivity index (χ0) is 14.8. The number of carbonyl (C=O) groups excluding carboxylic acids is 1. The molecule has 0 fully saturated rings. The van der Waals surface area contributed by atoms with Gasteiger partial charge in [0.1, 0.15) is 0 Å². The second-order valence-electron chi connectivity index (χ2n) is 4.72. The second-order valence-corrected chi connectivity index (χ2v) is 5.13. The lowest BCUT2D eigenvalue weighted by Crippen LogP contribution is -2.12. The van der Waals surface area contributed by atoms with Crippen molar-refractivity contribution in [2.75, 3.05) is 11.1 Å². The van der Waals surface area contributed by atoms with Gasteiger partial charge in [0.05, 0.1) is 10.7 Å². The van der Waals surface area contributed by atoms with E-state index in [9.17, 15) is 4.79 Å². The van der Waals surface area contributed by atoms with Crippen LogP contribution in [0.15, 0.2) is 60.7 Å². The van der Waals surface area contributed by atoms with Crippen LogP contribution in [0.2, 0.25) is 5.02 Å². The smallest absolute Gasteiger partial charge is 0.256 e. The number of nitrogens with two attached hydrogens (primary N) is 1. The monoisotopic (exact) mass is 296 g/mol. The summed E-state index contributed by atoms with van der Waals surface area (Å²) in [5.74, 6) is -0.209. The number of hydrogen-bond acceptors (Lipinski definition) is 2. The van der Waals surface area contributed by atoms with Crippen molar-refractivity contribution in [3.05, 3.63) is 71.2 Å². The number of benzene rings is 3. The molecule has 3 N–H and O–H groups in total. The van der Waals surface area contributed by atoms with Crippen LogP contribution in [0.1, 0.15) is 10.4 Å². The summed E-state index contributed by atoms with van der Waals surface area (Å²) in [6.45, 7) is 0. The highest BCUT2D eigenvalue weighted by Crippen LogP contribution is 2.26. The van der Waals surface area contributed by atoms with Crippen LogP contribution in [0.5, 0.6) is 0 Å². The van der Waals surface area contributed by atoms with Crippen LogP contribution in [0, 0.1) is 0 Å². The first-order valence-corrected chi connectivity index (χ1v) is 6.87. The standard InChI is InChI=1S/C17H13ClN2O/c18-15-9-8-12(19)10-16(15)20-17(21)14-7-3-5-11-4-1-2-6-13(11)14/h1-10H,19H2,(H,20,21). The van der Waals surface area contributed by atoms with E-state index >= 15 is 0 Å². The number of halogens is 1. The molecule has 1 amide bonds. The van der Waals surface area contributed by atoms with E-state index in [4.69, 9.17) is 17.3 Å². The fraction of sp³-hybridized carbons (Fsp3) is 0. The van der Waals surface area contributed by atoms with Crippen LogP contribution in [0.4, 0.5) is 11.4 Å². The summed E-state index contributed by atoms with van der Waals surface area (Å²) in [4.78, 5) is 12.5. The normalized spacial score (nSPS) is 10.5. The Labute approximate surface area is 127 Å². The van der Waals surface area contributed by atoms with E-state index in [1.165, 1.54) is 0 Å². The lowest BCUT2D eigenvalue weighted by molar-refractivity contribution is 0.102. The maximum Gasteiger partial charge on any atom is 0.256 e. The summed E-state index contributed by atoms with van der Waals surface area (Å²) in [5, 5.41) is 5.18. The molecule has 21 heavy (non-hydrogen) atoms. The fourth-order valence-corrected chi connectivity index (χ4v) is 2.42. The van der Waals surface area contributed by atoms with E-state index in [1.54, 1.807) is 24.3 Å². The number of nitrogen functional groups attached to an aromatic ring is 1. The van der Waals surface area contributed by atoms with Gasteiger partial charge >= 0.3 is 0 Å². The second kappa shape index (κ2) is 5.46. The number of carbonyl (C=O) groups is 1. The molecule has 0 spiro atoms. The third kappa shape index (κ3) is 2.69. The van der Waals surface area contributed by atoms with Crippen molar-refractivity contribution in [1.82, 2.24) is 0 Å². The highest BCUT2D eigenvalue weighted by Gasteiger charge is 2.11. The average molecular weight is 297 g/mol. The van der Waals surface area contributed by atoms with E-state index in [2.05, 4.69) is 5.32 Å². The number of hydrogen-bond donors (Lipinski definition) is 2. The third-order valence-electron chi connectivity index (χ3n) is 3.27. The molecule has 3 nitrogen and oxygen atoms in total.